The van der Waals surface area contributed by atoms with Gasteiger partial charge in [-0.3, -0.25) is 10.1 Å². The summed E-state index contributed by atoms with van der Waals surface area (Å²) in [6.45, 7) is 7.97. The zero-order valence-electron chi connectivity index (χ0n) is 13.7. The summed E-state index contributed by atoms with van der Waals surface area (Å²) in [5, 5.41) is 11.3. The molecule has 0 aliphatic rings. The first kappa shape index (κ1) is 17.7. The van der Waals surface area contributed by atoms with Crippen LogP contribution in [0.15, 0.2) is 28.6 Å². The van der Waals surface area contributed by atoms with Crippen LogP contribution < -0.4 is 10.1 Å². The minimum Gasteiger partial charge on any atom is -0.481 e. The summed E-state index contributed by atoms with van der Waals surface area (Å²) in [6, 6.07) is 7.62. The Balaban J connectivity index is 1.90. The first-order valence-electron chi connectivity index (χ1n) is 7.45. The highest BCUT2D eigenvalue weighted by atomic mass is 32.2. The van der Waals surface area contributed by atoms with Gasteiger partial charge in [-0.15, -0.1) is 10.2 Å². The van der Waals surface area contributed by atoms with Crippen molar-refractivity contribution in [1.29, 1.82) is 0 Å². The lowest BCUT2D eigenvalue weighted by molar-refractivity contribution is -0.122. The fourth-order valence-electron chi connectivity index (χ4n) is 1.70. The molecule has 2 aromatic rings. The van der Waals surface area contributed by atoms with Crippen molar-refractivity contribution in [2.24, 2.45) is 5.92 Å². The Kier molecular flexibility index (Phi) is 6.41. The number of carbonyl (C=O) groups excluding carboxylic acids is 1. The van der Waals surface area contributed by atoms with E-state index < -0.39 is 6.10 Å². The predicted octanol–water partition coefficient (Wildman–Crippen LogP) is 4.00. The Morgan fingerprint density at radius 3 is 2.74 bits per heavy atom. The van der Waals surface area contributed by atoms with Crippen LogP contribution in [0.25, 0.3) is 0 Å². The molecule has 1 aromatic heterocycles. The number of carbonyl (C=O) groups is 1. The number of hydrogen-bond acceptors (Lipinski definition) is 6. The second-order valence-electron chi connectivity index (χ2n) is 5.59. The Morgan fingerprint density at radius 1 is 1.30 bits per heavy atom. The van der Waals surface area contributed by atoms with Gasteiger partial charge in [-0.2, -0.15) is 0 Å². The van der Waals surface area contributed by atoms with Gasteiger partial charge in [0.2, 0.25) is 5.13 Å². The number of ether oxygens (including phenoxy) is 1. The van der Waals surface area contributed by atoms with E-state index in [4.69, 9.17) is 4.74 Å². The van der Waals surface area contributed by atoms with Gasteiger partial charge in [-0.25, -0.2) is 0 Å². The number of benzene rings is 1. The molecule has 2 rings (SSSR count). The summed E-state index contributed by atoms with van der Waals surface area (Å²) in [5.74, 6) is 2.05. The van der Waals surface area contributed by atoms with Crippen LogP contribution in [0.2, 0.25) is 0 Å². The van der Waals surface area contributed by atoms with Crippen LogP contribution in [-0.4, -0.2) is 28.0 Å². The summed E-state index contributed by atoms with van der Waals surface area (Å²) in [4.78, 5) is 12.2. The number of thioether (sulfide) groups is 1. The summed E-state index contributed by atoms with van der Waals surface area (Å²) >= 11 is 3.04. The van der Waals surface area contributed by atoms with Gasteiger partial charge in [-0.05, 0) is 31.4 Å². The van der Waals surface area contributed by atoms with Crippen molar-refractivity contribution in [3.05, 3.63) is 29.8 Å². The van der Waals surface area contributed by atoms with Crippen LogP contribution in [0.3, 0.4) is 0 Å². The molecule has 1 aromatic carbocycles. The van der Waals surface area contributed by atoms with Crippen molar-refractivity contribution in [1.82, 2.24) is 10.2 Å². The third-order valence-electron chi connectivity index (χ3n) is 2.94. The van der Waals surface area contributed by atoms with E-state index in [0.717, 1.165) is 15.7 Å². The smallest absolute Gasteiger partial charge is 0.266 e. The molecule has 1 heterocycles. The largest absolute Gasteiger partial charge is 0.481 e. The molecule has 0 aliphatic carbocycles. The van der Waals surface area contributed by atoms with E-state index in [1.54, 1.807) is 18.7 Å². The van der Waals surface area contributed by atoms with Gasteiger partial charge in [0.15, 0.2) is 10.4 Å². The number of rotatable bonds is 7. The molecule has 1 amide bonds. The molecule has 0 radical (unpaired) electrons. The van der Waals surface area contributed by atoms with Crippen LogP contribution in [0.4, 0.5) is 5.13 Å². The van der Waals surface area contributed by atoms with Gasteiger partial charge in [0.05, 0.1) is 0 Å². The lowest BCUT2D eigenvalue weighted by Gasteiger charge is -2.15. The number of aryl methyl sites for hydroxylation is 1. The second-order valence-corrected chi connectivity index (χ2v) is 7.84. The minimum absolute atomic E-state index is 0.232. The topological polar surface area (TPSA) is 64.1 Å². The van der Waals surface area contributed by atoms with Gasteiger partial charge in [0.25, 0.3) is 5.91 Å². The molecule has 0 fully saturated rings. The minimum atomic E-state index is -0.605. The molecule has 23 heavy (non-hydrogen) atoms. The monoisotopic (exact) mass is 351 g/mol. The van der Waals surface area contributed by atoms with E-state index in [1.807, 2.05) is 31.2 Å². The van der Waals surface area contributed by atoms with E-state index in [1.165, 1.54) is 11.3 Å². The SMILES string of the molecule is Cc1ccccc1O[C@@H](C)C(=O)Nc1nnc(SCC(C)C)s1. The van der Waals surface area contributed by atoms with Crippen molar-refractivity contribution in [2.45, 2.75) is 38.1 Å². The zero-order valence-corrected chi connectivity index (χ0v) is 15.3. The number of nitrogens with one attached hydrogen (secondary N) is 1. The standard InChI is InChI=1S/C16H21N3O2S2/c1-10(2)9-22-16-19-18-15(23-16)17-14(20)12(4)21-13-8-6-5-7-11(13)3/h5-8,10,12H,9H2,1-4H3,(H,17,18,20)/t12-/m0/s1. The summed E-state index contributed by atoms with van der Waals surface area (Å²) in [5.41, 5.74) is 0.996. The molecule has 124 valence electrons. The van der Waals surface area contributed by atoms with Crippen molar-refractivity contribution < 1.29 is 9.53 Å². The van der Waals surface area contributed by atoms with Gasteiger partial charge in [-0.1, -0.05) is 55.1 Å². The molecule has 0 spiro atoms. The number of aromatic nitrogens is 2. The maximum absolute atomic E-state index is 12.2. The van der Waals surface area contributed by atoms with Crippen LogP contribution in [-0.2, 0) is 4.79 Å². The molecular formula is C16H21N3O2S2. The highest BCUT2D eigenvalue weighted by Gasteiger charge is 2.17. The highest BCUT2D eigenvalue weighted by Crippen LogP contribution is 2.27. The van der Waals surface area contributed by atoms with Gasteiger partial charge < -0.3 is 4.74 Å². The third-order valence-corrected chi connectivity index (χ3v) is 5.34. The highest BCUT2D eigenvalue weighted by molar-refractivity contribution is 8.01. The molecule has 5 nitrogen and oxygen atoms in total. The van der Waals surface area contributed by atoms with E-state index in [2.05, 4.69) is 29.4 Å². The molecule has 1 N–H and O–H groups in total. The van der Waals surface area contributed by atoms with Gasteiger partial charge in [0, 0.05) is 5.75 Å². The van der Waals surface area contributed by atoms with Crippen molar-refractivity contribution >= 4 is 34.1 Å². The molecule has 0 aliphatic heterocycles. The Labute approximate surface area is 144 Å². The van der Waals surface area contributed by atoms with Crippen LogP contribution in [0.5, 0.6) is 5.75 Å². The second kappa shape index (κ2) is 8.31. The van der Waals surface area contributed by atoms with Crippen LogP contribution in [0.1, 0.15) is 26.3 Å². The number of anilines is 1. The van der Waals surface area contributed by atoms with Crippen molar-refractivity contribution in [3.63, 3.8) is 0 Å². The molecule has 0 bridgehead atoms. The fraction of sp³-hybridized carbons (Fsp3) is 0.438. The molecule has 1 atom stereocenters. The lowest BCUT2D eigenvalue weighted by Crippen LogP contribution is -2.30. The molecule has 0 saturated carbocycles. The number of hydrogen-bond donors (Lipinski definition) is 1. The Bertz CT molecular complexity index is 658. The van der Waals surface area contributed by atoms with Gasteiger partial charge >= 0.3 is 0 Å². The predicted molar refractivity (Wildman–Crippen MR) is 95.4 cm³/mol. The molecular weight excluding hydrogens is 330 g/mol. The first-order chi connectivity index (χ1) is 11.0. The van der Waals surface area contributed by atoms with Crippen LogP contribution in [0, 0.1) is 12.8 Å². The number of para-hydroxylation sites is 1. The van der Waals surface area contributed by atoms with Crippen LogP contribution >= 0.6 is 23.1 Å². The third kappa shape index (κ3) is 5.51. The first-order valence-corrected chi connectivity index (χ1v) is 9.25. The number of nitrogens with zero attached hydrogens (tertiary/aromatic N) is 2. The maximum atomic E-state index is 12.2. The molecule has 0 saturated heterocycles. The summed E-state index contributed by atoms with van der Waals surface area (Å²) in [6.07, 6.45) is -0.605. The average molecular weight is 351 g/mol. The van der Waals surface area contributed by atoms with E-state index >= 15 is 0 Å². The Hall–Kier alpha value is -1.60. The van der Waals surface area contributed by atoms with E-state index in [0.29, 0.717) is 16.8 Å². The number of amides is 1. The van der Waals surface area contributed by atoms with Gasteiger partial charge in [0.1, 0.15) is 5.75 Å². The normalized spacial score (nSPS) is 12.2. The van der Waals surface area contributed by atoms with E-state index in [-0.39, 0.29) is 5.91 Å². The quantitative estimate of drug-likeness (QED) is 0.603. The average Bonchev–Trinajstić information content (AvgIpc) is 2.95. The maximum Gasteiger partial charge on any atom is 0.266 e. The van der Waals surface area contributed by atoms with Crippen molar-refractivity contribution in [2.75, 3.05) is 11.1 Å². The van der Waals surface area contributed by atoms with E-state index in [9.17, 15) is 4.79 Å². The molecule has 0 unspecified atom stereocenters. The van der Waals surface area contributed by atoms with Crippen molar-refractivity contribution in [3.8, 4) is 5.75 Å². The Morgan fingerprint density at radius 2 is 2.04 bits per heavy atom. The summed E-state index contributed by atoms with van der Waals surface area (Å²) in [7, 11) is 0. The molecule has 7 heteroatoms. The lowest BCUT2D eigenvalue weighted by atomic mass is 10.2. The zero-order chi connectivity index (χ0) is 16.8. The summed E-state index contributed by atoms with van der Waals surface area (Å²) < 4.78 is 6.57. The fourth-order valence-corrected chi connectivity index (χ4v) is 3.43.